The molecule has 2 fully saturated rings. The number of aromatic hydroxyl groups is 1. The summed E-state index contributed by atoms with van der Waals surface area (Å²) in [6, 6.07) is 12.3. The number of amides is 1. The number of benzene rings is 2. The monoisotopic (exact) mass is 456 g/mol. The molecule has 178 valence electrons. The highest BCUT2D eigenvalue weighted by atomic mass is 19.1. The summed E-state index contributed by atoms with van der Waals surface area (Å²) in [6.07, 6.45) is 4.68. The largest absolute Gasteiger partial charge is 0.508 e. The molecule has 33 heavy (non-hydrogen) atoms. The van der Waals surface area contributed by atoms with Crippen LogP contribution in [0.2, 0.25) is 0 Å². The van der Waals surface area contributed by atoms with Crippen molar-refractivity contribution in [1.82, 2.24) is 9.80 Å². The fraction of sp³-hybridized carbons (Fsp3) is 0.519. The summed E-state index contributed by atoms with van der Waals surface area (Å²) in [5, 5.41) is 9.86. The second-order valence-electron chi connectivity index (χ2n) is 10.00. The maximum Gasteiger partial charge on any atom is 0.223 e. The zero-order valence-electron chi connectivity index (χ0n) is 19.5. The number of piperidine rings is 1. The van der Waals surface area contributed by atoms with Crippen molar-refractivity contribution in [2.75, 3.05) is 13.1 Å². The van der Waals surface area contributed by atoms with Gasteiger partial charge < -0.3 is 10.0 Å². The van der Waals surface area contributed by atoms with Crippen molar-refractivity contribution in [2.24, 2.45) is 5.92 Å². The van der Waals surface area contributed by atoms with Gasteiger partial charge in [-0.25, -0.2) is 8.78 Å². The van der Waals surface area contributed by atoms with Crippen LogP contribution in [0.3, 0.4) is 0 Å². The summed E-state index contributed by atoms with van der Waals surface area (Å²) >= 11 is 0. The van der Waals surface area contributed by atoms with Crippen molar-refractivity contribution in [1.29, 1.82) is 0 Å². The number of hydrogen-bond donors (Lipinski definition) is 1. The van der Waals surface area contributed by atoms with Crippen LogP contribution in [-0.2, 0) is 11.3 Å². The molecule has 4 rings (SSSR count). The molecule has 1 amide bonds. The van der Waals surface area contributed by atoms with E-state index in [9.17, 15) is 18.7 Å². The quantitative estimate of drug-likeness (QED) is 0.574. The lowest BCUT2D eigenvalue weighted by Gasteiger charge is -2.40. The standard InChI is InChI=1S/C27H34F2N2O2/c1-18(2)13-27(33)30(17-24-25(28)7-4-8-26(24)29)11-12-31-21-9-10-22(31)15-20(14-21)19-5-3-6-23(32)16-19/h3-8,16,18,20-22,32H,9-15,17H2,1-2H3/t20-,21+,22-. The maximum absolute atomic E-state index is 14.3. The average Bonchev–Trinajstić information content (AvgIpc) is 2.99. The van der Waals surface area contributed by atoms with Gasteiger partial charge in [0.25, 0.3) is 0 Å². The van der Waals surface area contributed by atoms with E-state index < -0.39 is 11.6 Å². The molecular weight excluding hydrogens is 422 g/mol. The molecule has 2 aliphatic rings. The highest BCUT2D eigenvalue weighted by Crippen LogP contribution is 2.43. The number of phenolic OH excluding ortho intramolecular Hbond substituents is 1. The predicted octanol–water partition coefficient (Wildman–Crippen LogP) is 5.46. The minimum Gasteiger partial charge on any atom is -0.508 e. The predicted molar refractivity (Wildman–Crippen MR) is 125 cm³/mol. The Hall–Kier alpha value is -2.47. The molecule has 3 atom stereocenters. The molecule has 2 saturated heterocycles. The molecule has 0 aromatic heterocycles. The van der Waals surface area contributed by atoms with Crippen LogP contribution in [0, 0.1) is 17.6 Å². The summed E-state index contributed by atoms with van der Waals surface area (Å²) in [6.45, 7) is 5.09. The smallest absolute Gasteiger partial charge is 0.223 e. The number of hydrogen-bond acceptors (Lipinski definition) is 3. The first-order valence-corrected chi connectivity index (χ1v) is 12.1. The third-order valence-electron chi connectivity index (χ3n) is 7.20. The molecule has 6 heteroatoms. The van der Waals surface area contributed by atoms with Gasteiger partial charge in [-0.1, -0.05) is 32.0 Å². The fourth-order valence-corrected chi connectivity index (χ4v) is 5.57. The van der Waals surface area contributed by atoms with E-state index in [0.29, 0.717) is 43.3 Å². The van der Waals surface area contributed by atoms with Crippen LogP contribution in [0.1, 0.15) is 63.0 Å². The van der Waals surface area contributed by atoms with Crippen LogP contribution >= 0.6 is 0 Å². The molecular formula is C27H34F2N2O2. The molecule has 2 bridgehead atoms. The average molecular weight is 457 g/mol. The first kappa shape index (κ1) is 23.7. The van der Waals surface area contributed by atoms with Crippen molar-refractivity contribution in [3.8, 4) is 5.75 Å². The number of nitrogens with zero attached hydrogens (tertiary/aromatic N) is 2. The molecule has 0 saturated carbocycles. The molecule has 2 aromatic rings. The Morgan fingerprint density at radius 2 is 1.73 bits per heavy atom. The van der Waals surface area contributed by atoms with E-state index in [-0.39, 0.29) is 23.9 Å². The summed E-state index contributed by atoms with van der Waals surface area (Å²) in [7, 11) is 0. The first-order chi connectivity index (χ1) is 15.8. The maximum atomic E-state index is 14.3. The van der Waals surface area contributed by atoms with E-state index >= 15 is 0 Å². The molecule has 0 radical (unpaired) electrons. The van der Waals surface area contributed by atoms with Crippen molar-refractivity contribution >= 4 is 5.91 Å². The highest BCUT2D eigenvalue weighted by molar-refractivity contribution is 5.76. The molecule has 2 heterocycles. The SMILES string of the molecule is CC(C)CC(=O)N(CCN1[C@@H]2CC[C@H]1C[C@@H](c1cccc(O)c1)C2)Cc1c(F)cccc1F. The third-order valence-corrected chi connectivity index (χ3v) is 7.20. The molecule has 0 aliphatic carbocycles. The first-order valence-electron chi connectivity index (χ1n) is 12.1. The fourth-order valence-electron chi connectivity index (χ4n) is 5.57. The van der Waals surface area contributed by atoms with E-state index in [1.165, 1.54) is 23.8 Å². The second-order valence-corrected chi connectivity index (χ2v) is 10.00. The lowest BCUT2D eigenvalue weighted by Crippen LogP contribution is -2.47. The normalized spacial score (nSPS) is 22.6. The van der Waals surface area contributed by atoms with Crippen molar-refractivity contribution in [3.63, 3.8) is 0 Å². The summed E-state index contributed by atoms with van der Waals surface area (Å²) in [5.74, 6) is -0.359. The zero-order valence-corrected chi connectivity index (χ0v) is 19.5. The van der Waals surface area contributed by atoms with E-state index in [1.807, 2.05) is 26.0 Å². The number of phenols is 1. The number of carbonyl (C=O) groups is 1. The second kappa shape index (κ2) is 10.2. The van der Waals surface area contributed by atoms with Crippen LogP contribution in [-0.4, -0.2) is 46.0 Å². The van der Waals surface area contributed by atoms with Crippen LogP contribution in [0.15, 0.2) is 42.5 Å². The van der Waals surface area contributed by atoms with Crippen molar-refractivity contribution in [3.05, 3.63) is 65.2 Å². The van der Waals surface area contributed by atoms with Gasteiger partial charge in [-0.05, 0) is 67.3 Å². The van der Waals surface area contributed by atoms with E-state index in [0.717, 1.165) is 25.7 Å². The molecule has 2 aliphatic heterocycles. The van der Waals surface area contributed by atoms with Crippen molar-refractivity contribution in [2.45, 2.75) is 70.5 Å². The molecule has 2 aromatic carbocycles. The zero-order chi connectivity index (χ0) is 23.5. The summed E-state index contributed by atoms with van der Waals surface area (Å²) < 4.78 is 28.6. The van der Waals surface area contributed by atoms with E-state index in [4.69, 9.17) is 0 Å². The van der Waals surface area contributed by atoms with Crippen LogP contribution in [0.5, 0.6) is 5.75 Å². The summed E-state index contributed by atoms with van der Waals surface area (Å²) in [4.78, 5) is 17.1. The van der Waals surface area contributed by atoms with Gasteiger partial charge in [0.05, 0.1) is 6.54 Å². The van der Waals surface area contributed by atoms with Gasteiger partial charge in [-0.2, -0.15) is 0 Å². The van der Waals surface area contributed by atoms with Gasteiger partial charge >= 0.3 is 0 Å². The number of halogens is 2. The van der Waals surface area contributed by atoms with E-state index in [1.54, 1.807) is 11.0 Å². The topological polar surface area (TPSA) is 43.8 Å². The van der Waals surface area contributed by atoms with Crippen LogP contribution in [0.25, 0.3) is 0 Å². The Morgan fingerprint density at radius 1 is 1.09 bits per heavy atom. The lowest BCUT2D eigenvalue weighted by atomic mass is 9.85. The number of rotatable bonds is 8. The number of carbonyl (C=O) groups excluding carboxylic acids is 1. The van der Waals surface area contributed by atoms with Gasteiger partial charge in [-0.15, -0.1) is 0 Å². The Labute approximate surface area is 195 Å². The highest BCUT2D eigenvalue weighted by Gasteiger charge is 2.41. The Kier molecular flexibility index (Phi) is 7.32. The Morgan fingerprint density at radius 3 is 2.33 bits per heavy atom. The van der Waals surface area contributed by atoms with Crippen LogP contribution in [0.4, 0.5) is 8.78 Å². The minimum atomic E-state index is -0.607. The molecule has 0 unspecified atom stereocenters. The molecule has 1 N–H and O–H groups in total. The number of fused-ring (bicyclic) bond motifs is 2. The van der Waals surface area contributed by atoms with Gasteiger partial charge in [0.2, 0.25) is 5.91 Å². The Balaban J connectivity index is 1.44. The Bertz CT molecular complexity index is 946. The summed E-state index contributed by atoms with van der Waals surface area (Å²) in [5.41, 5.74) is 1.15. The lowest BCUT2D eigenvalue weighted by molar-refractivity contribution is -0.133. The van der Waals surface area contributed by atoms with Gasteiger partial charge in [0.15, 0.2) is 0 Å². The molecule has 0 spiro atoms. The van der Waals surface area contributed by atoms with Crippen LogP contribution < -0.4 is 0 Å². The van der Waals surface area contributed by atoms with Crippen molar-refractivity contribution < 1.29 is 18.7 Å². The molecule has 4 nitrogen and oxygen atoms in total. The minimum absolute atomic E-state index is 0.0415. The van der Waals surface area contributed by atoms with Gasteiger partial charge in [0.1, 0.15) is 17.4 Å². The van der Waals surface area contributed by atoms with Gasteiger partial charge in [0, 0.05) is 37.2 Å². The third kappa shape index (κ3) is 5.55. The van der Waals surface area contributed by atoms with E-state index in [2.05, 4.69) is 11.0 Å². The van der Waals surface area contributed by atoms with Gasteiger partial charge in [-0.3, -0.25) is 9.69 Å².